The van der Waals surface area contributed by atoms with E-state index in [4.69, 9.17) is 4.74 Å². The summed E-state index contributed by atoms with van der Waals surface area (Å²) in [6.45, 7) is 0.546. The van der Waals surface area contributed by atoms with E-state index in [1.54, 1.807) is 35.5 Å². The average Bonchev–Trinajstić information content (AvgIpc) is 2.63. The first kappa shape index (κ1) is 17.2. The summed E-state index contributed by atoms with van der Waals surface area (Å²) >= 11 is 0. The van der Waals surface area contributed by atoms with E-state index in [1.165, 1.54) is 12.1 Å². The van der Waals surface area contributed by atoms with Gasteiger partial charge in [-0.2, -0.15) is 13.2 Å². The highest BCUT2D eigenvalue weighted by Gasteiger charge is 2.35. The van der Waals surface area contributed by atoms with Crippen LogP contribution < -0.4 is 4.74 Å². The van der Waals surface area contributed by atoms with Crippen LogP contribution in [0.3, 0.4) is 0 Å². The maximum Gasteiger partial charge on any atom is 0.433 e. The fourth-order valence-electron chi connectivity index (χ4n) is 2.77. The Hall–Kier alpha value is -3.23. The van der Waals surface area contributed by atoms with Crippen molar-refractivity contribution in [2.45, 2.75) is 12.3 Å². The minimum absolute atomic E-state index is 0.108. The van der Waals surface area contributed by atoms with Gasteiger partial charge in [0.05, 0.1) is 24.1 Å². The number of likely N-dealkylation sites (tertiary alicyclic amines) is 1. The van der Waals surface area contributed by atoms with E-state index < -0.39 is 18.0 Å². The maximum atomic E-state index is 12.7. The van der Waals surface area contributed by atoms with E-state index in [2.05, 4.69) is 15.0 Å². The Bertz CT molecular complexity index is 1000. The van der Waals surface area contributed by atoms with Crippen LogP contribution in [0.2, 0.25) is 0 Å². The largest absolute Gasteiger partial charge is 0.471 e. The van der Waals surface area contributed by atoms with Gasteiger partial charge in [-0.3, -0.25) is 14.8 Å². The summed E-state index contributed by atoms with van der Waals surface area (Å²) in [5.41, 5.74) is 0.766. The van der Waals surface area contributed by atoms with Gasteiger partial charge in [0.15, 0.2) is 0 Å². The lowest BCUT2D eigenvalue weighted by Gasteiger charge is -2.38. The second kappa shape index (κ2) is 6.49. The maximum absolute atomic E-state index is 12.7. The minimum atomic E-state index is -4.53. The van der Waals surface area contributed by atoms with Crippen LogP contribution in [-0.2, 0) is 6.18 Å². The molecule has 2 aromatic heterocycles. The molecule has 1 fully saturated rings. The van der Waals surface area contributed by atoms with Crippen molar-refractivity contribution in [1.29, 1.82) is 0 Å². The number of rotatable bonds is 3. The number of carbonyl (C=O) groups excluding carboxylic acids is 1. The van der Waals surface area contributed by atoms with Crippen LogP contribution in [0.5, 0.6) is 5.88 Å². The molecule has 1 aliphatic heterocycles. The third-order valence-corrected chi connectivity index (χ3v) is 4.15. The number of hydrogen-bond acceptors (Lipinski definition) is 5. The smallest absolute Gasteiger partial charge is 0.433 e. The molecule has 0 unspecified atom stereocenters. The van der Waals surface area contributed by atoms with E-state index in [-0.39, 0.29) is 24.9 Å². The molecule has 138 valence electrons. The summed E-state index contributed by atoms with van der Waals surface area (Å²) < 4.78 is 43.5. The van der Waals surface area contributed by atoms with Gasteiger partial charge in [-0.05, 0) is 24.3 Å². The Morgan fingerprint density at radius 1 is 1.07 bits per heavy atom. The molecule has 27 heavy (non-hydrogen) atoms. The van der Waals surface area contributed by atoms with Crippen LogP contribution >= 0.6 is 0 Å². The van der Waals surface area contributed by atoms with Crippen molar-refractivity contribution in [3.8, 4) is 5.88 Å². The fraction of sp³-hybridized carbons (Fsp3) is 0.222. The Labute approximate surface area is 151 Å². The molecule has 3 aromatic rings. The van der Waals surface area contributed by atoms with Gasteiger partial charge in [0.25, 0.3) is 5.91 Å². The molecule has 0 spiro atoms. The summed E-state index contributed by atoms with van der Waals surface area (Å²) in [6, 6.07) is 8.53. The van der Waals surface area contributed by atoms with Gasteiger partial charge in [0.1, 0.15) is 11.8 Å². The zero-order valence-corrected chi connectivity index (χ0v) is 13.8. The lowest BCUT2D eigenvalue weighted by Crippen LogP contribution is -2.56. The van der Waals surface area contributed by atoms with E-state index in [9.17, 15) is 18.0 Å². The first-order valence-electron chi connectivity index (χ1n) is 8.11. The number of halogens is 3. The Morgan fingerprint density at radius 2 is 1.81 bits per heavy atom. The molecular weight excluding hydrogens is 361 g/mol. The summed E-state index contributed by atoms with van der Waals surface area (Å²) in [5.74, 6) is -0.303. The molecule has 1 saturated heterocycles. The number of fused-ring (bicyclic) bond motifs is 1. The van der Waals surface area contributed by atoms with Gasteiger partial charge >= 0.3 is 6.18 Å². The van der Waals surface area contributed by atoms with Crippen molar-refractivity contribution in [3.63, 3.8) is 0 Å². The molecule has 9 heteroatoms. The highest BCUT2D eigenvalue weighted by atomic mass is 19.4. The molecule has 0 bridgehead atoms. The number of hydrogen-bond donors (Lipinski definition) is 0. The van der Waals surface area contributed by atoms with Crippen molar-refractivity contribution in [2.24, 2.45) is 0 Å². The average molecular weight is 374 g/mol. The number of ether oxygens (including phenoxy) is 1. The minimum Gasteiger partial charge on any atom is -0.471 e. The molecule has 1 amide bonds. The molecule has 0 saturated carbocycles. The van der Waals surface area contributed by atoms with Crippen molar-refractivity contribution in [3.05, 3.63) is 60.0 Å². The second-order valence-electron chi connectivity index (χ2n) is 6.07. The topological polar surface area (TPSA) is 68.2 Å². The molecule has 4 rings (SSSR count). The molecule has 3 heterocycles. The van der Waals surface area contributed by atoms with Crippen LogP contribution in [-0.4, -0.2) is 45.0 Å². The Balaban J connectivity index is 1.39. The van der Waals surface area contributed by atoms with Crippen LogP contribution in [0.25, 0.3) is 11.0 Å². The summed E-state index contributed by atoms with van der Waals surface area (Å²) in [7, 11) is 0. The van der Waals surface area contributed by atoms with Gasteiger partial charge in [0, 0.05) is 24.0 Å². The van der Waals surface area contributed by atoms with Gasteiger partial charge in [-0.25, -0.2) is 4.98 Å². The molecule has 0 atom stereocenters. The highest BCUT2D eigenvalue weighted by Crippen LogP contribution is 2.29. The van der Waals surface area contributed by atoms with Gasteiger partial charge in [0.2, 0.25) is 5.88 Å². The fourth-order valence-corrected chi connectivity index (χ4v) is 2.77. The lowest BCUT2D eigenvalue weighted by molar-refractivity contribution is -0.141. The van der Waals surface area contributed by atoms with E-state index in [0.717, 1.165) is 6.07 Å². The molecule has 0 N–H and O–H groups in total. The third kappa shape index (κ3) is 3.53. The standard InChI is InChI=1S/C18H13F3N4O2/c19-18(20,21)15-2-1-3-16(24-15)27-12-9-25(10-12)17(26)11-4-5-13-14(8-11)23-7-6-22-13/h1-8,12H,9-10H2. The monoisotopic (exact) mass is 374 g/mol. The number of aromatic nitrogens is 3. The molecule has 6 nitrogen and oxygen atoms in total. The molecule has 0 radical (unpaired) electrons. The number of alkyl halides is 3. The number of nitrogens with zero attached hydrogens (tertiary/aromatic N) is 4. The normalized spacial score (nSPS) is 14.9. The predicted octanol–water partition coefficient (Wildman–Crippen LogP) is 2.95. The van der Waals surface area contributed by atoms with Gasteiger partial charge in [-0.1, -0.05) is 6.07 Å². The number of carbonyl (C=O) groups is 1. The van der Waals surface area contributed by atoms with Crippen molar-refractivity contribution >= 4 is 16.9 Å². The third-order valence-electron chi connectivity index (χ3n) is 4.15. The Kier molecular flexibility index (Phi) is 4.14. The molecular formula is C18H13F3N4O2. The van der Waals surface area contributed by atoms with Crippen molar-refractivity contribution in [2.75, 3.05) is 13.1 Å². The van der Waals surface area contributed by atoms with E-state index >= 15 is 0 Å². The Morgan fingerprint density at radius 3 is 2.56 bits per heavy atom. The number of amides is 1. The summed E-state index contributed by atoms with van der Waals surface area (Å²) in [5, 5.41) is 0. The quantitative estimate of drug-likeness (QED) is 0.705. The van der Waals surface area contributed by atoms with Crippen LogP contribution in [0.1, 0.15) is 16.1 Å². The second-order valence-corrected chi connectivity index (χ2v) is 6.07. The van der Waals surface area contributed by atoms with Crippen molar-refractivity contribution in [1.82, 2.24) is 19.9 Å². The van der Waals surface area contributed by atoms with Crippen LogP contribution in [0.15, 0.2) is 48.8 Å². The van der Waals surface area contributed by atoms with E-state index in [1.807, 2.05) is 0 Å². The molecule has 0 aliphatic carbocycles. The number of pyridine rings is 1. The van der Waals surface area contributed by atoms with Crippen LogP contribution in [0.4, 0.5) is 13.2 Å². The lowest BCUT2D eigenvalue weighted by atomic mass is 10.1. The first-order valence-corrected chi connectivity index (χ1v) is 8.11. The molecule has 1 aliphatic rings. The molecule has 1 aromatic carbocycles. The predicted molar refractivity (Wildman–Crippen MR) is 89.1 cm³/mol. The van der Waals surface area contributed by atoms with E-state index in [0.29, 0.717) is 16.6 Å². The summed E-state index contributed by atoms with van der Waals surface area (Å²) in [4.78, 5) is 25.8. The zero-order chi connectivity index (χ0) is 19.0. The summed E-state index contributed by atoms with van der Waals surface area (Å²) in [6.07, 6.45) is -1.81. The zero-order valence-electron chi connectivity index (χ0n) is 13.8. The van der Waals surface area contributed by atoms with Gasteiger partial charge < -0.3 is 9.64 Å². The number of benzene rings is 1. The van der Waals surface area contributed by atoms with Gasteiger partial charge in [-0.15, -0.1) is 0 Å². The van der Waals surface area contributed by atoms with Crippen molar-refractivity contribution < 1.29 is 22.7 Å². The highest BCUT2D eigenvalue weighted by molar-refractivity contribution is 5.97. The first-order chi connectivity index (χ1) is 12.9. The SMILES string of the molecule is O=C(c1ccc2nccnc2c1)N1CC(Oc2cccc(C(F)(F)F)n2)C1. The van der Waals surface area contributed by atoms with Crippen LogP contribution in [0, 0.1) is 0 Å².